The summed E-state index contributed by atoms with van der Waals surface area (Å²) in [6.07, 6.45) is 2.98. The zero-order valence-electron chi connectivity index (χ0n) is 19.4. The summed E-state index contributed by atoms with van der Waals surface area (Å²) in [5, 5.41) is 0. The maximum absolute atomic E-state index is 14.0. The molecule has 2 aromatic rings. The molecular formula is C25H27IN2O5S. The number of hydrogen-bond acceptors (Lipinski definition) is 5. The van der Waals surface area contributed by atoms with Crippen molar-refractivity contribution in [2.24, 2.45) is 0 Å². The van der Waals surface area contributed by atoms with Crippen LogP contribution in [0.15, 0.2) is 65.6 Å². The van der Waals surface area contributed by atoms with Crippen molar-refractivity contribution in [3.63, 3.8) is 0 Å². The summed E-state index contributed by atoms with van der Waals surface area (Å²) in [4.78, 5) is 28.1. The lowest BCUT2D eigenvalue weighted by Crippen LogP contribution is -2.63. The molecule has 0 aromatic heterocycles. The molecule has 0 aliphatic carbocycles. The van der Waals surface area contributed by atoms with E-state index in [9.17, 15) is 18.0 Å². The molecule has 9 heteroatoms. The van der Waals surface area contributed by atoms with Crippen LogP contribution in [0.25, 0.3) is 0 Å². The Labute approximate surface area is 214 Å². The Kier molecular flexibility index (Phi) is 6.54. The van der Waals surface area contributed by atoms with E-state index in [1.54, 1.807) is 75.4 Å². The Bertz CT molecular complexity index is 1250. The third-order valence-corrected chi connectivity index (χ3v) is 8.52. The van der Waals surface area contributed by atoms with Gasteiger partial charge in [-0.15, -0.1) is 0 Å². The van der Waals surface area contributed by atoms with E-state index in [0.29, 0.717) is 9.26 Å². The molecule has 2 aliphatic heterocycles. The number of ether oxygens (including phenoxy) is 1. The first kappa shape index (κ1) is 24.7. The Balaban J connectivity index is 1.85. The smallest absolute Gasteiger partial charge is 0.411 e. The van der Waals surface area contributed by atoms with Crippen molar-refractivity contribution in [3.8, 4) is 0 Å². The van der Waals surface area contributed by atoms with Gasteiger partial charge in [-0.3, -0.25) is 14.0 Å². The number of hydrogen-bond donors (Lipinski definition) is 0. The molecule has 34 heavy (non-hydrogen) atoms. The molecule has 1 saturated heterocycles. The highest BCUT2D eigenvalue weighted by Crippen LogP contribution is 2.39. The van der Waals surface area contributed by atoms with Crippen molar-refractivity contribution in [1.82, 2.24) is 4.90 Å². The van der Waals surface area contributed by atoms with Crippen molar-refractivity contribution in [3.05, 3.63) is 69.8 Å². The predicted molar refractivity (Wildman–Crippen MR) is 138 cm³/mol. The largest absolute Gasteiger partial charge is 0.444 e. The van der Waals surface area contributed by atoms with Crippen molar-refractivity contribution in [2.75, 3.05) is 4.31 Å². The van der Waals surface area contributed by atoms with Crippen LogP contribution < -0.4 is 4.31 Å². The van der Waals surface area contributed by atoms with E-state index in [4.69, 9.17) is 4.74 Å². The van der Waals surface area contributed by atoms with Gasteiger partial charge in [0, 0.05) is 9.99 Å². The normalized spacial score (nSPS) is 22.1. The molecule has 2 aromatic carbocycles. The Hall–Kier alpha value is -2.40. The molecule has 2 aliphatic rings. The van der Waals surface area contributed by atoms with E-state index in [2.05, 4.69) is 22.6 Å². The minimum Gasteiger partial charge on any atom is -0.444 e. The van der Waals surface area contributed by atoms with Gasteiger partial charge in [0.2, 0.25) is 0 Å². The molecule has 3 atom stereocenters. The summed E-state index contributed by atoms with van der Waals surface area (Å²) in [5.74, 6) is -0.241. The number of aryl methyl sites for hydroxylation is 1. The number of fused-ring (bicyclic) bond motifs is 2. The molecule has 0 N–H and O–H groups in total. The molecule has 0 spiro atoms. The third-order valence-electron chi connectivity index (χ3n) is 5.80. The highest BCUT2D eigenvalue weighted by Gasteiger charge is 2.52. The number of sulfonamides is 1. The SMILES string of the molecule is Cc1ccc(S(=O)(=O)N(c2ccccc2I)[C@@H]2C(=O)C[C@@H]3C=C[C@H]2N3C(=O)OC(C)(C)C)cc1. The number of halogens is 1. The number of carbonyl (C=O) groups excluding carboxylic acids is 2. The molecule has 2 bridgehead atoms. The van der Waals surface area contributed by atoms with Gasteiger partial charge in [0.1, 0.15) is 11.6 Å². The summed E-state index contributed by atoms with van der Waals surface area (Å²) < 4.78 is 35.5. The molecule has 1 fully saturated rings. The van der Waals surface area contributed by atoms with E-state index in [1.807, 2.05) is 13.0 Å². The number of amides is 1. The maximum Gasteiger partial charge on any atom is 0.411 e. The van der Waals surface area contributed by atoms with E-state index in [0.717, 1.165) is 5.56 Å². The Morgan fingerprint density at radius 3 is 2.35 bits per heavy atom. The van der Waals surface area contributed by atoms with Gasteiger partial charge in [0.25, 0.3) is 10.0 Å². The predicted octanol–water partition coefficient (Wildman–Crippen LogP) is 4.68. The standard InChI is InChI=1S/C25H27IN2O5S/c1-16-9-12-18(13-10-16)34(31,32)28(20-8-6-5-7-19(20)26)23-21-14-11-17(15-22(23)29)27(21)24(30)33-25(2,3)4/h5-14,17,21,23H,15H2,1-4H3/t17-,21+,23-/m0/s1. The number of benzene rings is 2. The molecule has 180 valence electrons. The van der Waals surface area contributed by atoms with Crippen LogP contribution in [0.1, 0.15) is 32.8 Å². The zero-order chi connectivity index (χ0) is 24.8. The first-order valence-electron chi connectivity index (χ1n) is 11.0. The number of carbonyl (C=O) groups is 2. The van der Waals surface area contributed by atoms with Gasteiger partial charge in [-0.25, -0.2) is 13.2 Å². The quantitative estimate of drug-likeness (QED) is 0.379. The average molecular weight is 594 g/mol. The van der Waals surface area contributed by atoms with Crippen molar-refractivity contribution in [1.29, 1.82) is 0 Å². The average Bonchev–Trinajstić information content (AvgIpc) is 3.07. The number of anilines is 1. The number of para-hydroxylation sites is 1. The third kappa shape index (κ3) is 4.59. The van der Waals surface area contributed by atoms with E-state index in [-0.39, 0.29) is 17.1 Å². The Morgan fingerprint density at radius 1 is 1.09 bits per heavy atom. The Morgan fingerprint density at radius 2 is 1.74 bits per heavy atom. The molecule has 0 saturated carbocycles. The van der Waals surface area contributed by atoms with Gasteiger partial charge in [0.15, 0.2) is 5.78 Å². The van der Waals surface area contributed by atoms with E-state index >= 15 is 0 Å². The second-order valence-electron chi connectivity index (χ2n) is 9.51. The molecule has 2 heterocycles. The summed E-state index contributed by atoms with van der Waals surface area (Å²) in [7, 11) is -4.14. The van der Waals surface area contributed by atoms with E-state index in [1.165, 1.54) is 9.21 Å². The highest BCUT2D eigenvalue weighted by atomic mass is 127. The van der Waals surface area contributed by atoms with Crippen LogP contribution in [0.3, 0.4) is 0 Å². The van der Waals surface area contributed by atoms with E-state index < -0.39 is 39.8 Å². The van der Waals surface area contributed by atoms with Crippen molar-refractivity contribution >= 4 is 50.2 Å². The first-order chi connectivity index (χ1) is 15.9. The summed E-state index contributed by atoms with van der Waals surface area (Å²) in [5.41, 5.74) is 0.590. The molecular weight excluding hydrogens is 567 g/mol. The molecule has 7 nitrogen and oxygen atoms in total. The lowest BCUT2D eigenvalue weighted by Gasteiger charge is -2.44. The fourth-order valence-corrected chi connectivity index (χ4v) is 6.79. The summed E-state index contributed by atoms with van der Waals surface area (Å²) in [6, 6.07) is 11.2. The number of piperidine rings is 1. The molecule has 4 rings (SSSR count). The fraction of sp³-hybridized carbons (Fsp3) is 0.360. The first-order valence-corrected chi connectivity index (χ1v) is 13.5. The van der Waals surface area contributed by atoms with Crippen molar-refractivity contribution in [2.45, 2.75) is 62.7 Å². The second kappa shape index (κ2) is 8.99. The molecule has 1 amide bonds. The minimum absolute atomic E-state index is 0.0141. The number of ketones is 1. The number of nitrogens with zero attached hydrogens (tertiary/aromatic N) is 2. The van der Waals surface area contributed by atoms with Gasteiger partial charge >= 0.3 is 6.09 Å². The minimum atomic E-state index is -4.14. The van der Waals surface area contributed by atoms with Crippen LogP contribution in [0.4, 0.5) is 10.5 Å². The van der Waals surface area contributed by atoms with Gasteiger partial charge in [0.05, 0.1) is 22.7 Å². The lowest BCUT2D eigenvalue weighted by atomic mass is 9.95. The second-order valence-corrected chi connectivity index (χ2v) is 12.5. The van der Waals surface area contributed by atoms with Crippen LogP contribution >= 0.6 is 22.6 Å². The van der Waals surface area contributed by atoms with Gasteiger partial charge in [-0.05, 0) is 74.6 Å². The maximum atomic E-state index is 14.0. The lowest BCUT2D eigenvalue weighted by molar-refractivity contribution is -0.124. The highest BCUT2D eigenvalue weighted by molar-refractivity contribution is 14.1. The fourth-order valence-electron chi connectivity index (χ4n) is 4.31. The monoisotopic (exact) mass is 594 g/mol. The van der Waals surface area contributed by atoms with Crippen LogP contribution in [0.5, 0.6) is 0 Å². The molecule has 0 radical (unpaired) electrons. The van der Waals surface area contributed by atoms with Crippen molar-refractivity contribution < 1.29 is 22.7 Å². The number of Topliss-reactive ketones (excluding diaryl/α,β-unsaturated/α-hetero) is 1. The van der Waals surface area contributed by atoms with Crippen LogP contribution in [-0.4, -0.2) is 48.9 Å². The van der Waals surface area contributed by atoms with Crippen LogP contribution in [0.2, 0.25) is 0 Å². The van der Waals surface area contributed by atoms with Crippen LogP contribution in [-0.2, 0) is 19.6 Å². The molecule has 0 unspecified atom stereocenters. The van der Waals surface area contributed by atoms with Gasteiger partial charge in [-0.1, -0.05) is 42.0 Å². The van der Waals surface area contributed by atoms with Crippen LogP contribution in [0, 0.1) is 10.5 Å². The number of rotatable bonds is 4. The van der Waals surface area contributed by atoms with Gasteiger partial charge < -0.3 is 4.74 Å². The topological polar surface area (TPSA) is 84.0 Å². The summed E-state index contributed by atoms with van der Waals surface area (Å²) >= 11 is 2.07. The zero-order valence-corrected chi connectivity index (χ0v) is 22.4. The summed E-state index contributed by atoms with van der Waals surface area (Å²) in [6.45, 7) is 7.19. The van der Waals surface area contributed by atoms with Gasteiger partial charge in [-0.2, -0.15) is 0 Å².